The van der Waals surface area contributed by atoms with Gasteiger partial charge in [-0.15, -0.1) is 11.8 Å². The summed E-state index contributed by atoms with van der Waals surface area (Å²) in [5.74, 6) is -1.37. The molecule has 4 aromatic carbocycles. The molecule has 0 bridgehead atoms. The second kappa shape index (κ2) is 11.2. The van der Waals surface area contributed by atoms with Crippen LogP contribution >= 0.6 is 11.8 Å². The number of carbonyl (C=O) groups is 3. The third-order valence-electron chi connectivity index (χ3n) is 5.87. The van der Waals surface area contributed by atoms with Crippen LogP contribution in [0.1, 0.15) is 27.6 Å². The molecule has 1 unspecified atom stereocenters. The molecule has 39 heavy (non-hydrogen) atoms. The van der Waals surface area contributed by atoms with Crippen LogP contribution in [0.2, 0.25) is 0 Å². The van der Waals surface area contributed by atoms with Gasteiger partial charge in [0.15, 0.2) is 5.58 Å². The first kappa shape index (κ1) is 25.7. The van der Waals surface area contributed by atoms with Gasteiger partial charge in [0.2, 0.25) is 11.8 Å². The zero-order valence-electron chi connectivity index (χ0n) is 20.8. The summed E-state index contributed by atoms with van der Waals surface area (Å²) in [6.07, 6.45) is 0. The van der Waals surface area contributed by atoms with Crippen LogP contribution < -0.4 is 10.6 Å². The fraction of sp³-hybridized carbons (Fsp3) is 0.0667. The number of amides is 2. The van der Waals surface area contributed by atoms with Crippen LogP contribution in [-0.4, -0.2) is 33.1 Å². The van der Waals surface area contributed by atoms with E-state index in [9.17, 15) is 19.5 Å². The van der Waals surface area contributed by atoms with E-state index in [2.05, 4.69) is 15.6 Å². The van der Waals surface area contributed by atoms with Crippen molar-refractivity contribution in [2.75, 3.05) is 10.6 Å². The van der Waals surface area contributed by atoms with Gasteiger partial charge in [0.05, 0.1) is 16.4 Å². The van der Waals surface area contributed by atoms with Crippen LogP contribution in [0.15, 0.2) is 106 Å². The van der Waals surface area contributed by atoms with Gasteiger partial charge in [-0.3, -0.25) is 9.59 Å². The highest BCUT2D eigenvalue weighted by Gasteiger charge is 2.18. The van der Waals surface area contributed by atoms with Gasteiger partial charge in [-0.2, -0.15) is 0 Å². The number of carboxylic acids is 1. The highest BCUT2D eigenvalue weighted by Crippen LogP contribution is 2.28. The Morgan fingerprint density at radius 1 is 0.821 bits per heavy atom. The molecule has 5 rings (SSSR count). The Labute approximate surface area is 228 Å². The number of anilines is 2. The number of aromatic carboxylic acids is 1. The SMILES string of the molecule is CC(Sc1cccc(NC(=O)c2ccccc2C(=O)O)c1)C(=O)Nc1ccc(-c2nc3ccccc3o2)cc1. The zero-order valence-corrected chi connectivity index (χ0v) is 21.6. The maximum atomic E-state index is 12.9. The summed E-state index contributed by atoms with van der Waals surface area (Å²) < 4.78 is 5.80. The number of nitrogens with one attached hydrogen (secondary N) is 2. The van der Waals surface area contributed by atoms with Crippen molar-refractivity contribution >= 4 is 52.0 Å². The van der Waals surface area contributed by atoms with E-state index in [0.717, 1.165) is 16.0 Å². The van der Waals surface area contributed by atoms with Crippen molar-refractivity contribution in [2.45, 2.75) is 17.1 Å². The summed E-state index contributed by atoms with van der Waals surface area (Å²) in [6.45, 7) is 1.79. The lowest BCUT2D eigenvalue weighted by atomic mass is 10.1. The second-order valence-electron chi connectivity index (χ2n) is 8.65. The van der Waals surface area contributed by atoms with Gasteiger partial charge in [0.1, 0.15) is 5.52 Å². The van der Waals surface area contributed by atoms with E-state index in [4.69, 9.17) is 4.42 Å². The van der Waals surface area contributed by atoms with E-state index in [-0.39, 0.29) is 17.0 Å². The molecule has 0 radical (unpaired) electrons. The number of oxazole rings is 1. The average molecular weight is 538 g/mol. The Morgan fingerprint density at radius 2 is 1.54 bits per heavy atom. The van der Waals surface area contributed by atoms with Crippen LogP contribution in [0.3, 0.4) is 0 Å². The molecule has 194 valence electrons. The van der Waals surface area contributed by atoms with Crippen LogP contribution in [0.4, 0.5) is 11.4 Å². The summed E-state index contributed by atoms with van der Waals surface area (Å²) in [7, 11) is 0. The maximum Gasteiger partial charge on any atom is 0.336 e. The molecule has 9 heteroatoms. The lowest BCUT2D eigenvalue weighted by Gasteiger charge is -2.13. The number of rotatable bonds is 8. The van der Waals surface area contributed by atoms with Crippen LogP contribution in [0, 0.1) is 0 Å². The number of thioether (sulfide) groups is 1. The maximum absolute atomic E-state index is 12.9. The Bertz CT molecular complexity index is 1650. The van der Waals surface area contributed by atoms with Gasteiger partial charge < -0.3 is 20.2 Å². The minimum Gasteiger partial charge on any atom is -0.478 e. The fourth-order valence-electron chi connectivity index (χ4n) is 3.91. The zero-order chi connectivity index (χ0) is 27.4. The second-order valence-corrected chi connectivity index (χ2v) is 10.1. The van der Waals surface area contributed by atoms with E-state index in [1.54, 1.807) is 49.4 Å². The smallest absolute Gasteiger partial charge is 0.336 e. The fourth-order valence-corrected chi connectivity index (χ4v) is 4.83. The summed E-state index contributed by atoms with van der Waals surface area (Å²) in [6, 6.07) is 27.9. The predicted molar refractivity (Wildman–Crippen MR) is 151 cm³/mol. The Hall–Kier alpha value is -4.89. The van der Waals surface area contributed by atoms with Crippen molar-refractivity contribution in [1.29, 1.82) is 0 Å². The lowest BCUT2D eigenvalue weighted by Crippen LogP contribution is -2.22. The molecule has 1 atom stereocenters. The highest BCUT2D eigenvalue weighted by atomic mass is 32.2. The molecule has 0 fully saturated rings. The molecular weight excluding hydrogens is 514 g/mol. The molecule has 5 aromatic rings. The van der Waals surface area contributed by atoms with Gasteiger partial charge in [-0.05, 0) is 73.7 Å². The molecule has 0 aliphatic heterocycles. The molecule has 1 aromatic heterocycles. The topological polar surface area (TPSA) is 122 Å². The molecule has 8 nitrogen and oxygen atoms in total. The van der Waals surface area contributed by atoms with Crippen LogP contribution in [0.25, 0.3) is 22.6 Å². The van der Waals surface area contributed by atoms with E-state index in [1.165, 1.54) is 23.9 Å². The number of carbonyl (C=O) groups excluding carboxylic acids is 2. The molecule has 0 saturated carbocycles. The van der Waals surface area contributed by atoms with E-state index in [1.807, 2.05) is 42.5 Å². The summed E-state index contributed by atoms with van der Waals surface area (Å²) >= 11 is 1.34. The molecule has 0 aliphatic carbocycles. The minimum absolute atomic E-state index is 0.0675. The summed E-state index contributed by atoms with van der Waals surface area (Å²) in [4.78, 5) is 42.2. The van der Waals surface area contributed by atoms with Gasteiger partial charge >= 0.3 is 5.97 Å². The number of benzene rings is 4. The van der Waals surface area contributed by atoms with Gasteiger partial charge in [-0.1, -0.05) is 30.3 Å². The Kier molecular flexibility index (Phi) is 7.42. The third kappa shape index (κ3) is 6.00. The Morgan fingerprint density at radius 3 is 2.28 bits per heavy atom. The number of fused-ring (bicyclic) bond motifs is 1. The number of para-hydroxylation sites is 2. The van der Waals surface area contributed by atoms with E-state index >= 15 is 0 Å². The molecule has 0 aliphatic rings. The van der Waals surface area contributed by atoms with Crippen LogP contribution in [-0.2, 0) is 4.79 Å². The van der Waals surface area contributed by atoms with Gasteiger partial charge in [-0.25, -0.2) is 9.78 Å². The van der Waals surface area contributed by atoms with Crippen molar-refractivity contribution in [2.24, 2.45) is 0 Å². The largest absolute Gasteiger partial charge is 0.478 e. The highest BCUT2D eigenvalue weighted by molar-refractivity contribution is 8.00. The van der Waals surface area contributed by atoms with E-state index < -0.39 is 17.1 Å². The first-order valence-corrected chi connectivity index (χ1v) is 12.9. The average Bonchev–Trinajstić information content (AvgIpc) is 3.38. The molecule has 0 spiro atoms. The summed E-state index contributed by atoms with van der Waals surface area (Å²) in [5, 5.41) is 14.6. The quantitative estimate of drug-likeness (QED) is 0.192. The van der Waals surface area contributed by atoms with E-state index in [0.29, 0.717) is 22.8 Å². The normalized spacial score (nSPS) is 11.6. The molecule has 0 saturated heterocycles. The summed E-state index contributed by atoms with van der Waals surface area (Å²) in [5.41, 5.74) is 3.42. The van der Waals surface area contributed by atoms with Crippen molar-refractivity contribution in [3.05, 3.63) is 108 Å². The number of hydrogen-bond donors (Lipinski definition) is 3. The lowest BCUT2D eigenvalue weighted by molar-refractivity contribution is -0.115. The standard InChI is InChI=1S/C30H23N3O5S/c1-18(27(34)31-20-15-13-19(14-16-20)29-33-25-11-4-5-12-26(25)38-29)39-22-8-6-7-21(17-22)32-28(35)23-9-2-3-10-24(23)30(36)37/h2-18H,1H3,(H,31,34)(H,32,35)(H,36,37). The van der Waals surface area contributed by atoms with Crippen molar-refractivity contribution in [3.8, 4) is 11.5 Å². The van der Waals surface area contributed by atoms with Gasteiger partial charge in [0.25, 0.3) is 5.91 Å². The van der Waals surface area contributed by atoms with Gasteiger partial charge in [0, 0.05) is 21.8 Å². The number of nitrogens with zero attached hydrogens (tertiary/aromatic N) is 1. The first-order chi connectivity index (χ1) is 18.9. The predicted octanol–water partition coefficient (Wildman–Crippen LogP) is 6.56. The van der Waals surface area contributed by atoms with Crippen LogP contribution in [0.5, 0.6) is 0 Å². The molecule has 2 amide bonds. The number of aromatic nitrogens is 1. The third-order valence-corrected chi connectivity index (χ3v) is 6.96. The Balaban J connectivity index is 1.20. The number of carboxylic acid groups (broad SMARTS) is 1. The first-order valence-electron chi connectivity index (χ1n) is 12.0. The van der Waals surface area contributed by atoms with Crippen molar-refractivity contribution in [3.63, 3.8) is 0 Å². The van der Waals surface area contributed by atoms with Crippen molar-refractivity contribution in [1.82, 2.24) is 4.98 Å². The van der Waals surface area contributed by atoms with Crippen molar-refractivity contribution < 1.29 is 23.9 Å². The minimum atomic E-state index is -1.18. The molecule has 3 N–H and O–H groups in total. The molecular formula is C30H23N3O5S. The monoisotopic (exact) mass is 537 g/mol. The number of hydrogen-bond acceptors (Lipinski definition) is 6. The molecule has 1 heterocycles.